The second kappa shape index (κ2) is 3.94. The average Bonchev–Trinajstić information content (AvgIpc) is 2.90. The molecule has 0 aliphatic heterocycles. The molecule has 0 atom stereocenters. The summed E-state index contributed by atoms with van der Waals surface area (Å²) in [7, 11) is 1.83. The van der Waals surface area contributed by atoms with E-state index in [-0.39, 0.29) is 5.56 Å². The second-order valence-electron chi connectivity index (χ2n) is 4.38. The van der Waals surface area contributed by atoms with E-state index in [0.29, 0.717) is 0 Å². The molecule has 0 spiro atoms. The quantitative estimate of drug-likeness (QED) is 0.758. The van der Waals surface area contributed by atoms with Crippen molar-refractivity contribution in [3.63, 3.8) is 0 Å². The molecule has 0 bridgehead atoms. The first-order chi connectivity index (χ1) is 9.06. The monoisotopic (exact) mass is 256 g/mol. The van der Waals surface area contributed by atoms with Crippen LogP contribution in [0.1, 0.15) is 16.2 Å². The maximum absolute atomic E-state index is 11.1. The van der Waals surface area contributed by atoms with Crippen molar-refractivity contribution in [1.82, 2.24) is 19.3 Å². The lowest BCUT2D eigenvalue weighted by Gasteiger charge is -2.03. The summed E-state index contributed by atoms with van der Waals surface area (Å²) in [4.78, 5) is 15.5. The van der Waals surface area contributed by atoms with Crippen molar-refractivity contribution in [2.75, 3.05) is 0 Å². The molecule has 0 saturated heterocycles. The van der Waals surface area contributed by atoms with Gasteiger partial charge in [0.1, 0.15) is 5.82 Å². The van der Waals surface area contributed by atoms with Gasteiger partial charge in [0.2, 0.25) is 0 Å². The van der Waals surface area contributed by atoms with Gasteiger partial charge < -0.3 is 5.11 Å². The molecule has 6 nitrogen and oxygen atoms in total. The molecule has 0 radical (unpaired) electrons. The number of hydrogen-bond donors (Lipinski definition) is 1. The molecule has 19 heavy (non-hydrogen) atoms. The number of aryl methyl sites for hydroxylation is 2. The van der Waals surface area contributed by atoms with E-state index in [0.717, 1.165) is 22.5 Å². The van der Waals surface area contributed by atoms with Crippen molar-refractivity contribution >= 4 is 17.0 Å². The molecule has 0 fully saturated rings. The summed E-state index contributed by atoms with van der Waals surface area (Å²) < 4.78 is 3.59. The first-order valence-electron chi connectivity index (χ1n) is 5.77. The van der Waals surface area contributed by atoms with Gasteiger partial charge >= 0.3 is 5.97 Å². The summed E-state index contributed by atoms with van der Waals surface area (Å²) in [6.07, 6.45) is 3.59. The molecular weight excluding hydrogens is 244 g/mol. The fraction of sp³-hybridized carbons (Fsp3) is 0.154. The number of aromatic nitrogens is 4. The summed E-state index contributed by atoms with van der Waals surface area (Å²) in [5, 5.41) is 13.2. The molecule has 2 heterocycles. The van der Waals surface area contributed by atoms with E-state index in [1.807, 2.05) is 24.7 Å². The Morgan fingerprint density at radius 3 is 2.79 bits per heavy atom. The number of carboxylic acids is 1. The molecular formula is C13H12N4O2. The minimum atomic E-state index is -0.946. The number of nitrogens with zero attached hydrogens (tertiary/aromatic N) is 4. The minimum Gasteiger partial charge on any atom is -0.478 e. The molecule has 3 rings (SSSR count). The number of fused-ring (bicyclic) bond motifs is 1. The van der Waals surface area contributed by atoms with E-state index >= 15 is 0 Å². The minimum absolute atomic E-state index is 0.248. The highest BCUT2D eigenvalue weighted by atomic mass is 16.4. The lowest BCUT2D eigenvalue weighted by Crippen LogP contribution is -1.98. The molecule has 3 aromatic rings. The molecule has 0 aliphatic rings. The van der Waals surface area contributed by atoms with Crippen LogP contribution < -0.4 is 0 Å². The van der Waals surface area contributed by atoms with Crippen LogP contribution in [0.5, 0.6) is 0 Å². The topological polar surface area (TPSA) is 72.9 Å². The van der Waals surface area contributed by atoms with Crippen molar-refractivity contribution in [3.8, 4) is 5.69 Å². The zero-order chi connectivity index (χ0) is 13.6. The van der Waals surface area contributed by atoms with Gasteiger partial charge in [0.25, 0.3) is 0 Å². The number of carbonyl (C=O) groups is 1. The van der Waals surface area contributed by atoms with E-state index < -0.39 is 5.97 Å². The Morgan fingerprint density at radius 2 is 2.16 bits per heavy atom. The third-order valence-electron chi connectivity index (χ3n) is 3.02. The van der Waals surface area contributed by atoms with Gasteiger partial charge in [0.15, 0.2) is 0 Å². The van der Waals surface area contributed by atoms with Gasteiger partial charge in [-0.3, -0.25) is 9.25 Å². The van der Waals surface area contributed by atoms with Crippen LogP contribution in [-0.2, 0) is 7.05 Å². The summed E-state index contributed by atoms with van der Waals surface area (Å²) in [6, 6.07) is 4.91. The maximum atomic E-state index is 11.1. The SMILES string of the molecule is Cc1nc2ccc(C(=O)O)cc2n1-c1cnn(C)c1. The summed E-state index contributed by atoms with van der Waals surface area (Å²) in [5.74, 6) is -0.149. The van der Waals surface area contributed by atoms with Crippen molar-refractivity contribution in [2.45, 2.75) is 6.92 Å². The van der Waals surface area contributed by atoms with Gasteiger partial charge in [-0.1, -0.05) is 0 Å². The van der Waals surface area contributed by atoms with Crippen LogP contribution in [0, 0.1) is 6.92 Å². The predicted octanol–water partition coefficient (Wildman–Crippen LogP) is 1.77. The van der Waals surface area contributed by atoms with E-state index in [1.54, 1.807) is 29.1 Å². The average molecular weight is 256 g/mol. The molecule has 1 aromatic carbocycles. The fourth-order valence-corrected chi connectivity index (χ4v) is 2.18. The van der Waals surface area contributed by atoms with Crippen LogP contribution in [0.3, 0.4) is 0 Å². The highest BCUT2D eigenvalue weighted by Crippen LogP contribution is 2.22. The van der Waals surface area contributed by atoms with Gasteiger partial charge in [0, 0.05) is 13.2 Å². The Morgan fingerprint density at radius 1 is 1.37 bits per heavy atom. The lowest BCUT2D eigenvalue weighted by atomic mass is 10.2. The Labute approximate surface area is 108 Å². The van der Waals surface area contributed by atoms with Crippen LogP contribution in [0.15, 0.2) is 30.6 Å². The number of rotatable bonds is 2. The van der Waals surface area contributed by atoms with Gasteiger partial charge in [0.05, 0.1) is 28.5 Å². The molecule has 6 heteroatoms. The van der Waals surface area contributed by atoms with Crippen molar-refractivity contribution in [1.29, 1.82) is 0 Å². The van der Waals surface area contributed by atoms with Gasteiger partial charge in [-0.2, -0.15) is 5.10 Å². The first-order valence-corrected chi connectivity index (χ1v) is 5.77. The van der Waals surface area contributed by atoms with Gasteiger partial charge in [-0.05, 0) is 25.1 Å². The number of benzene rings is 1. The molecule has 0 amide bonds. The normalized spacial score (nSPS) is 11.1. The Kier molecular flexibility index (Phi) is 2.38. The van der Waals surface area contributed by atoms with Crippen LogP contribution >= 0.6 is 0 Å². The molecule has 0 aliphatic carbocycles. The van der Waals surface area contributed by atoms with Crippen molar-refractivity contribution in [2.24, 2.45) is 7.05 Å². The largest absolute Gasteiger partial charge is 0.478 e. The molecule has 96 valence electrons. The van der Waals surface area contributed by atoms with E-state index in [4.69, 9.17) is 5.11 Å². The number of aromatic carboxylic acids is 1. The van der Waals surface area contributed by atoms with E-state index in [2.05, 4.69) is 10.1 Å². The zero-order valence-corrected chi connectivity index (χ0v) is 10.5. The van der Waals surface area contributed by atoms with E-state index in [9.17, 15) is 4.79 Å². The van der Waals surface area contributed by atoms with Crippen molar-refractivity contribution < 1.29 is 9.90 Å². The fourth-order valence-electron chi connectivity index (χ4n) is 2.18. The highest BCUT2D eigenvalue weighted by Gasteiger charge is 2.13. The summed E-state index contributed by atoms with van der Waals surface area (Å²) in [5.41, 5.74) is 2.65. The second-order valence-corrected chi connectivity index (χ2v) is 4.38. The third kappa shape index (κ3) is 1.77. The Hall–Kier alpha value is -2.63. The summed E-state index contributed by atoms with van der Waals surface area (Å²) >= 11 is 0. The first kappa shape index (κ1) is 11.5. The molecule has 2 aromatic heterocycles. The van der Waals surface area contributed by atoms with Crippen molar-refractivity contribution in [3.05, 3.63) is 42.0 Å². The summed E-state index contributed by atoms with van der Waals surface area (Å²) in [6.45, 7) is 1.88. The third-order valence-corrected chi connectivity index (χ3v) is 3.02. The van der Waals surface area contributed by atoms with Crippen LogP contribution in [-0.4, -0.2) is 30.4 Å². The number of hydrogen-bond acceptors (Lipinski definition) is 3. The van der Waals surface area contributed by atoms with Crippen LogP contribution in [0.4, 0.5) is 0 Å². The molecule has 0 unspecified atom stereocenters. The predicted molar refractivity (Wildman–Crippen MR) is 69.5 cm³/mol. The Balaban J connectivity index is 2.31. The standard InChI is InChI=1S/C13H12N4O2/c1-8-15-11-4-3-9(13(18)19)5-12(11)17(8)10-6-14-16(2)7-10/h3-7H,1-2H3,(H,18,19). The van der Waals surface area contributed by atoms with Gasteiger partial charge in [-0.15, -0.1) is 0 Å². The maximum Gasteiger partial charge on any atom is 0.335 e. The number of carboxylic acid groups (broad SMARTS) is 1. The van der Waals surface area contributed by atoms with Crippen LogP contribution in [0.25, 0.3) is 16.7 Å². The smallest absolute Gasteiger partial charge is 0.335 e. The molecule has 0 saturated carbocycles. The zero-order valence-electron chi connectivity index (χ0n) is 10.5. The lowest BCUT2D eigenvalue weighted by molar-refractivity contribution is 0.0697. The van der Waals surface area contributed by atoms with Crippen LogP contribution in [0.2, 0.25) is 0 Å². The molecule has 1 N–H and O–H groups in total. The number of imidazole rings is 1. The van der Waals surface area contributed by atoms with Gasteiger partial charge in [-0.25, -0.2) is 9.78 Å². The van der Waals surface area contributed by atoms with E-state index in [1.165, 1.54) is 0 Å². The highest BCUT2D eigenvalue weighted by molar-refractivity contribution is 5.93. The Bertz CT molecular complexity index is 785.